The third kappa shape index (κ3) is 3.95. The van der Waals surface area contributed by atoms with Crippen LogP contribution in [0.4, 0.5) is 5.69 Å². The highest BCUT2D eigenvalue weighted by atomic mass is 35.5. The Morgan fingerprint density at radius 1 is 1.41 bits per heavy atom. The van der Waals surface area contributed by atoms with Crippen molar-refractivity contribution in [1.82, 2.24) is 10.0 Å². The van der Waals surface area contributed by atoms with Crippen LogP contribution in [0.25, 0.3) is 0 Å². The van der Waals surface area contributed by atoms with Crippen LogP contribution in [-0.2, 0) is 10.0 Å². The van der Waals surface area contributed by atoms with Crippen molar-refractivity contribution in [2.24, 2.45) is 0 Å². The van der Waals surface area contributed by atoms with Crippen LogP contribution in [0.15, 0.2) is 17.0 Å². The minimum atomic E-state index is -3.91. The van der Waals surface area contributed by atoms with Gasteiger partial charge in [-0.1, -0.05) is 6.07 Å². The Balaban J connectivity index is 0.00000242. The van der Waals surface area contributed by atoms with Crippen molar-refractivity contribution >= 4 is 28.1 Å². The number of nitro groups is 1. The lowest BCUT2D eigenvalue weighted by Gasteiger charge is -2.14. The summed E-state index contributed by atoms with van der Waals surface area (Å²) in [5, 5.41) is 14.3. The first-order chi connectivity index (χ1) is 9.83. The number of sulfonamides is 1. The second-order valence-electron chi connectivity index (χ2n) is 5.26. The Labute approximate surface area is 136 Å². The Morgan fingerprint density at radius 2 is 2.09 bits per heavy atom. The second kappa shape index (κ2) is 7.36. The van der Waals surface area contributed by atoms with Crippen LogP contribution in [0.3, 0.4) is 0 Å². The van der Waals surface area contributed by atoms with Crippen molar-refractivity contribution < 1.29 is 13.3 Å². The lowest BCUT2D eigenvalue weighted by Crippen LogP contribution is -2.37. The Hall–Kier alpha value is -1.22. The zero-order valence-electron chi connectivity index (χ0n) is 12.5. The van der Waals surface area contributed by atoms with E-state index in [2.05, 4.69) is 10.0 Å². The molecule has 0 amide bonds. The SMILES string of the molecule is Cc1ccc([N+](=O)[O-])c(S(=O)(=O)NCC2CCCN2)c1C.Cl. The monoisotopic (exact) mass is 349 g/mol. The molecular formula is C13H20ClN3O4S. The molecule has 1 heterocycles. The summed E-state index contributed by atoms with van der Waals surface area (Å²) in [6.45, 7) is 4.43. The standard InChI is InChI=1S/C13H19N3O4S.ClH/c1-9-5-6-12(16(17)18)13(10(9)2)21(19,20)15-8-11-4-3-7-14-11;/h5-6,11,14-15H,3-4,7-8H2,1-2H3;1H. The van der Waals surface area contributed by atoms with E-state index in [0.29, 0.717) is 11.1 Å². The van der Waals surface area contributed by atoms with Gasteiger partial charge < -0.3 is 5.32 Å². The third-order valence-corrected chi connectivity index (χ3v) is 5.40. The van der Waals surface area contributed by atoms with Crippen molar-refractivity contribution in [3.05, 3.63) is 33.4 Å². The molecule has 2 N–H and O–H groups in total. The molecule has 7 nitrogen and oxygen atoms in total. The maximum Gasteiger partial charge on any atom is 0.289 e. The number of benzene rings is 1. The zero-order valence-corrected chi connectivity index (χ0v) is 14.1. The average molecular weight is 350 g/mol. The normalized spacial score (nSPS) is 18.0. The largest absolute Gasteiger partial charge is 0.313 e. The quantitative estimate of drug-likeness (QED) is 0.622. The maximum absolute atomic E-state index is 12.4. The smallest absolute Gasteiger partial charge is 0.289 e. The average Bonchev–Trinajstić information content (AvgIpc) is 2.92. The number of hydrogen-bond donors (Lipinski definition) is 2. The fourth-order valence-electron chi connectivity index (χ4n) is 2.47. The van der Waals surface area contributed by atoms with Crippen molar-refractivity contribution in [2.75, 3.05) is 13.1 Å². The van der Waals surface area contributed by atoms with Crippen LogP contribution >= 0.6 is 12.4 Å². The Bertz CT molecular complexity index is 657. The van der Waals surface area contributed by atoms with Crippen LogP contribution in [0.2, 0.25) is 0 Å². The second-order valence-corrected chi connectivity index (χ2v) is 6.96. The van der Waals surface area contributed by atoms with E-state index in [0.717, 1.165) is 19.4 Å². The number of aryl methyl sites for hydroxylation is 1. The zero-order chi connectivity index (χ0) is 15.6. The van der Waals surface area contributed by atoms with Gasteiger partial charge in [0.1, 0.15) is 0 Å². The number of rotatable bonds is 5. The summed E-state index contributed by atoms with van der Waals surface area (Å²) >= 11 is 0. The van der Waals surface area contributed by atoms with E-state index in [9.17, 15) is 18.5 Å². The van der Waals surface area contributed by atoms with Gasteiger partial charge in [-0.05, 0) is 44.4 Å². The third-order valence-electron chi connectivity index (χ3n) is 3.80. The number of nitro benzene ring substituents is 1. The molecule has 0 aliphatic carbocycles. The lowest BCUT2D eigenvalue weighted by atomic mass is 10.1. The van der Waals surface area contributed by atoms with Crippen molar-refractivity contribution in [3.8, 4) is 0 Å². The van der Waals surface area contributed by atoms with Crippen LogP contribution in [0.5, 0.6) is 0 Å². The van der Waals surface area contributed by atoms with Gasteiger partial charge in [-0.3, -0.25) is 10.1 Å². The molecule has 0 aromatic heterocycles. The Kier molecular flexibility index (Phi) is 6.30. The molecule has 0 spiro atoms. The minimum Gasteiger partial charge on any atom is -0.313 e. The van der Waals surface area contributed by atoms with E-state index in [1.54, 1.807) is 19.9 Å². The maximum atomic E-state index is 12.4. The van der Waals surface area contributed by atoms with E-state index in [1.807, 2.05) is 0 Å². The molecule has 1 saturated heterocycles. The van der Waals surface area contributed by atoms with Gasteiger partial charge in [-0.15, -0.1) is 12.4 Å². The van der Waals surface area contributed by atoms with Gasteiger partial charge >= 0.3 is 0 Å². The highest BCUT2D eigenvalue weighted by Crippen LogP contribution is 2.29. The molecular weight excluding hydrogens is 330 g/mol. The van der Waals surface area contributed by atoms with Gasteiger partial charge in [-0.2, -0.15) is 0 Å². The summed E-state index contributed by atoms with van der Waals surface area (Å²) in [4.78, 5) is 10.2. The van der Waals surface area contributed by atoms with Gasteiger partial charge in [0.05, 0.1) is 4.92 Å². The fourth-order valence-corrected chi connectivity index (χ4v) is 4.02. The highest BCUT2D eigenvalue weighted by molar-refractivity contribution is 7.89. The summed E-state index contributed by atoms with van der Waals surface area (Å²) < 4.78 is 27.4. The molecule has 0 saturated carbocycles. The number of nitrogens with zero attached hydrogens (tertiary/aromatic N) is 1. The fraction of sp³-hybridized carbons (Fsp3) is 0.538. The Morgan fingerprint density at radius 3 is 2.64 bits per heavy atom. The molecule has 1 atom stereocenters. The molecule has 1 fully saturated rings. The molecule has 124 valence electrons. The summed E-state index contributed by atoms with van der Waals surface area (Å²) in [6.07, 6.45) is 1.91. The van der Waals surface area contributed by atoms with Gasteiger partial charge in [0, 0.05) is 18.7 Å². The highest BCUT2D eigenvalue weighted by Gasteiger charge is 2.29. The molecule has 1 unspecified atom stereocenters. The first-order valence-corrected chi connectivity index (χ1v) is 8.29. The molecule has 2 rings (SSSR count). The predicted molar refractivity (Wildman–Crippen MR) is 86.0 cm³/mol. The molecule has 1 aromatic rings. The van der Waals surface area contributed by atoms with Crippen LogP contribution in [0, 0.1) is 24.0 Å². The topological polar surface area (TPSA) is 101 Å². The van der Waals surface area contributed by atoms with Crippen molar-refractivity contribution in [1.29, 1.82) is 0 Å². The molecule has 0 bridgehead atoms. The van der Waals surface area contributed by atoms with E-state index in [1.165, 1.54) is 6.07 Å². The first-order valence-electron chi connectivity index (χ1n) is 6.80. The van der Waals surface area contributed by atoms with Crippen LogP contribution < -0.4 is 10.0 Å². The van der Waals surface area contributed by atoms with Gasteiger partial charge in [0.2, 0.25) is 10.0 Å². The van der Waals surface area contributed by atoms with Crippen molar-refractivity contribution in [2.45, 2.75) is 37.6 Å². The molecule has 22 heavy (non-hydrogen) atoms. The van der Waals surface area contributed by atoms with Crippen molar-refractivity contribution in [3.63, 3.8) is 0 Å². The molecule has 1 aromatic carbocycles. The lowest BCUT2D eigenvalue weighted by molar-refractivity contribution is -0.387. The molecule has 0 radical (unpaired) electrons. The molecule has 1 aliphatic rings. The van der Waals surface area contributed by atoms with E-state index in [4.69, 9.17) is 0 Å². The van der Waals surface area contributed by atoms with Gasteiger partial charge in [0.15, 0.2) is 4.90 Å². The first kappa shape index (κ1) is 18.8. The summed E-state index contributed by atoms with van der Waals surface area (Å²) in [6, 6.07) is 2.89. The van der Waals surface area contributed by atoms with E-state index >= 15 is 0 Å². The van der Waals surface area contributed by atoms with Crippen LogP contribution in [0.1, 0.15) is 24.0 Å². The van der Waals surface area contributed by atoms with Crippen LogP contribution in [-0.4, -0.2) is 32.5 Å². The van der Waals surface area contributed by atoms with E-state index in [-0.39, 0.29) is 35.6 Å². The number of halogens is 1. The van der Waals surface area contributed by atoms with Gasteiger partial charge in [-0.25, -0.2) is 13.1 Å². The summed E-state index contributed by atoms with van der Waals surface area (Å²) in [5.41, 5.74) is 0.737. The van der Waals surface area contributed by atoms with E-state index < -0.39 is 14.9 Å². The van der Waals surface area contributed by atoms with Gasteiger partial charge in [0.25, 0.3) is 5.69 Å². The predicted octanol–water partition coefficient (Wildman–Crippen LogP) is 1.66. The molecule has 1 aliphatic heterocycles. The number of nitrogens with one attached hydrogen (secondary N) is 2. The summed E-state index contributed by atoms with van der Waals surface area (Å²) in [5.74, 6) is 0. The summed E-state index contributed by atoms with van der Waals surface area (Å²) in [7, 11) is -3.91. The number of hydrogen-bond acceptors (Lipinski definition) is 5. The minimum absolute atomic E-state index is 0. The molecule has 9 heteroatoms.